The number of halogens is 3. The van der Waals surface area contributed by atoms with E-state index in [0.29, 0.717) is 13.1 Å². The smallest absolute Gasteiger partial charge is 0.273 e. The van der Waals surface area contributed by atoms with Gasteiger partial charge in [-0.1, -0.05) is 17.7 Å². The number of carbonyl (C=O) groups is 1. The summed E-state index contributed by atoms with van der Waals surface area (Å²) in [5.41, 5.74) is 11.4. The highest BCUT2D eigenvalue weighted by Gasteiger charge is 2.32. The third-order valence-electron chi connectivity index (χ3n) is 6.20. The van der Waals surface area contributed by atoms with Crippen LogP contribution in [0.4, 0.5) is 14.6 Å². The second-order valence-corrected chi connectivity index (χ2v) is 10.7. The molecule has 1 atom stereocenters. The minimum atomic E-state index is -4.60. The molecule has 0 aliphatic carbocycles. The Morgan fingerprint density at radius 3 is 2.53 bits per heavy atom. The number of amides is 1. The van der Waals surface area contributed by atoms with Crippen LogP contribution in [0.25, 0.3) is 11.3 Å². The van der Waals surface area contributed by atoms with Gasteiger partial charge in [-0.2, -0.15) is 8.42 Å². The highest BCUT2D eigenvalue weighted by atomic mass is 35.5. The molecule has 4 rings (SSSR count). The van der Waals surface area contributed by atoms with Crippen LogP contribution in [0.15, 0.2) is 36.5 Å². The molecule has 202 valence electrons. The van der Waals surface area contributed by atoms with Crippen molar-refractivity contribution >= 4 is 33.4 Å². The molecule has 1 fully saturated rings. The predicted molar refractivity (Wildman–Crippen MR) is 136 cm³/mol. The van der Waals surface area contributed by atoms with Crippen molar-refractivity contribution in [1.29, 1.82) is 0 Å². The fourth-order valence-corrected chi connectivity index (χ4v) is 5.36. The molecule has 2 aromatic carbocycles. The van der Waals surface area contributed by atoms with Gasteiger partial charge >= 0.3 is 0 Å². The molecule has 0 bridgehead atoms. The van der Waals surface area contributed by atoms with Gasteiger partial charge in [-0.15, -0.1) is 0 Å². The topological polar surface area (TPSA) is 162 Å². The number of primary amides is 1. The molecule has 3 aromatic rings. The monoisotopic (exact) mass is 567 g/mol. The van der Waals surface area contributed by atoms with Crippen LogP contribution in [0.1, 0.15) is 39.6 Å². The van der Waals surface area contributed by atoms with Crippen LogP contribution < -0.4 is 16.2 Å². The molecule has 0 spiro atoms. The molecule has 0 saturated carbocycles. The first-order chi connectivity index (χ1) is 18.0. The van der Waals surface area contributed by atoms with E-state index in [-0.39, 0.29) is 46.2 Å². The van der Waals surface area contributed by atoms with Gasteiger partial charge in [0.1, 0.15) is 23.5 Å². The summed E-state index contributed by atoms with van der Waals surface area (Å²) in [7, 11) is -4.60. The van der Waals surface area contributed by atoms with E-state index in [1.54, 1.807) is 0 Å². The molecule has 5 N–H and O–H groups in total. The molecule has 1 aliphatic heterocycles. The molecule has 1 saturated heterocycles. The van der Waals surface area contributed by atoms with Gasteiger partial charge in [0.2, 0.25) is 5.91 Å². The Kier molecular flexibility index (Phi) is 8.11. The minimum Gasteiger partial charge on any atom is -0.470 e. The number of hydrogen-bond donors (Lipinski definition) is 3. The van der Waals surface area contributed by atoms with E-state index in [1.807, 2.05) is 4.90 Å². The number of nitrogen functional groups attached to an aromatic ring is 1. The summed E-state index contributed by atoms with van der Waals surface area (Å²) in [6.45, 7) is 0.797. The summed E-state index contributed by atoms with van der Waals surface area (Å²) in [5, 5.41) is -1.84. The fourth-order valence-electron chi connectivity index (χ4n) is 4.22. The Morgan fingerprint density at radius 2 is 1.87 bits per heavy atom. The molecular weight excluding hydrogens is 544 g/mol. The lowest BCUT2D eigenvalue weighted by molar-refractivity contribution is 0.1000. The lowest BCUT2D eigenvalue weighted by Gasteiger charge is -2.24. The normalized spacial score (nSPS) is 14.9. The Labute approximate surface area is 222 Å². The van der Waals surface area contributed by atoms with Gasteiger partial charge in [-0.05, 0) is 55.8 Å². The van der Waals surface area contributed by atoms with E-state index in [4.69, 9.17) is 27.8 Å². The third-order valence-corrected chi connectivity index (χ3v) is 7.73. The van der Waals surface area contributed by atoms with Crippen LogP contribution in [0.2, 0.25) is 5.02 Å². The Balaban J connectivity index is 1.77. The maximum atomic E-state index is 14.2. The van der Waals surface area contributed by atoms with Crippen LogP contribution in [-0.4, -0.2) is 53.4 Å². The molecule has 1 amide bonds. The van der Waals surface area contributed by atoms with Crippen molar-refractivity contribution in [2.75, 3.05) is 25.4 Å². The Bertz CT molecular complexity index is 1490. The fraction of sp³-hybridized carbons (Fsp3) is 0.292. The van der Waals surface area contributed by atoms with Crippen molar-refractivity contribution in [2.24, 2.45) is 5.73 Å². The average molecular weight is 568 g/mol. The zero-order chi connectivity index (χ0) is 27.6. The zero-order valence-electron chi connectivity index (χ0n) is 19.9. The summed E-state index contributed by atoms with van der Waals surface area (Å²) in [6.07, 6.45) is 3.01. The summed E-state index contributed by atoms with van der Waals surface area (Å²) >= 11 is 5.86. The van der Waals surface area contributed by atoms with Crippen LogP contribution in [0.5, 0.6) is 5.88 Å². The van der Waals surface area contributed by atoms with E-state index < -0.39 is 44.5 Å². The summed E-state index contributed by atoms with van der Waals surface area (Å²) in [5.74, 6) is -2.91. The highest BCUT2D eigenvalue weighted by molar-refractivity contribution is 7.86. The van der Waals surface area contributed by atoms with Crippen molar-refractivity contribution < 1.29 is 31.3 Å². The van der Waals surface area contributed by atoms with Gasteiger partial charge in [-0.3, -0.25) is 9.35 Å². The number of likely N-dealkylation sites (tertiary alicyclic amines) is 1. The largest absolute Gasteiger partial charge is 0.470 e. The van der Waals surface area contributed by atoms with Crippen molar-refractivity contribution in [2.45, 2.75) is 24.7 Å². The first kappa shape index (κ1) is 27.6. The Morgan fingerprint density at radius 1 is 1.18 bits per heavy atom. The number of nitrogens with two attached hydrogens (primary N) is 2. The van der Waals surface area contributed by atoms with Crippen molar-refractivity contribution in [3.8, 4) is 17.1 Å². The van der Waals surface area contributed by atoms with Gasteiger partial charge < -0.3 is 21.1 Å². The van der Waals surface area contributed by atoms with Gasteiger partial charge in [0.25, 0.3) is 16.0 Å². The van der Waals surface area contributed by atoms with Crippen molar-refractivity contribution in [3.05, 3.63) is 69.9 Å². The number of anilines is 1. The van der Waals surface area contributed by atoms with Crippen LogP contribution in [0, 0.1) is 11.6 Å². The second-order valence-electron chi connectivity index (χ2n) is 8.73. The Hall–Kier alpha value is -3.39. The van der Waals surface area contributed by atoms with Crippen molar-refractivity contribution in [1.82, 2.24) is 14.9 Å². The molecule has 0 radical (unpaired) electrons. The molecule has 2 heterocycles. The lowest BCUT2D eigenvalue weighted by atomic mass is 9.98. The van der Waals surface area contributed by atoms with Crippen LogP contribution >= 0.6 is 11.6 Å². The summed E-state index contributed by atoms with van der Waals surface area (Å²) in [4.78, 5) is 22.1. The lowest BCUT2D eigenvalue weighted by Crippen LogP contribution is -2.30. The quantitative estimate of drug-likeness (QED) is 0.260. The number of aromatic nitrogens is 2. The minimum absolute atomic E-state index is 0.00482. The standard InChI is InChI=1S/C24H24ClF2N5O5S/c25-21-16(17(26)5-6-18(21)27)12-37-24-22(28)30-10-19(31-24)15-9-13(23(29)33)3-4-14(15)20(38(34,35)36)11-32-7-1-2-8-32/h3-6,9-10,20H,1-2,7-8,11-12H2,(H2,28,30)(H2,29,33)(H,34,35,36). The van der Waals surface area contributed by atoms with Gasteiger partial charge in [-0.25, -0.2) is 18.7 Å². The van der Waals surface area contributed by atoms with E-state index in [9.17, 15) is 26.5 Å². The first-order valence-electron chi connectivity index (χ1n) is 11.5. The molecule has 1 aliphatic rings. The van der Waals surface area contributed by atoms with E-state index >= 15 is 0 Å². The van der Waals surface area contributed by atoms with Gasteiger partial charge in [0.05, 0.1) is 16.9 Å². The van der Waals surface area contributed by atoms with E-state index in [1.165, 1.54) is 24.4 Å². The molecule has 38 heavy (non-hydrogen) atoms. The summed E-state index contributed by atoms with van der Waals surface area (Å²) in [6, 6.07) is 5.82. The number of benzene rings is 2. The number of ether oxygens (including phenoxy) is 1. The van der Waals surface area contributed by atoms with Crippen LogP contribution in [-0.2, 0) is 16.7 Å². The van der Waals surface area contributed by atoms with Crippen LogP contribution in [0.3, 0.4) is 0 Å². The zero-order valence-corrected chi connectivity index (χ0v) is 21.5. The maximum Gasteiger partial charge on any atom is 0.273 e. The predicted octanol–water partition coefficient (Wildman–Crippen LogP) is 3.36. The highest BCUT2D eigenvalue weighted by Crippen LogP contribution is 2.35. The SMILES string of the molecule is NC(=O)c1ccc(C(CN2CCCC2)S(=O)(=O)O)c(-c2cnc(N)c(OCc3c(F)ccc(F)c3Cl)n2)c1. The van der Waals surface area contributed by atoms with Crippen molar-refractivity contribution in [3.63, 3.8) is 0 Å². The number of rotatable bonds is 9. The van der Waals surface area contributed by atoms with Gasteiger partial charge in [0.15, 0.2) is 5.82 Å². The molecule has 14 heteroatoms. The number of carbonyl (C=O) groups excluding carboxylic acids is 1. The molecular formula is C24H24ClF2N5O5S. The number of hydrogen-bond acceptors (Lipinski definition) is 8. The average Bonchev–Trinajstić information content (AvgIpc) is 3.38. The molecule has 10 nitrogen and oxygen atoms in total. The second kappa shape index (κ2) is 11.2. The number of nitrogens with zero attached hydrogens (tertiary/aromatic N) is 3. The van der Waals surface area contributed by atoms with Gasteiger partial charge in [0, 0.05) is 23.2 Å². The summed E-state index contributed by atoms with van der Waals surface area (Å²) < 4.78 is 68.5. The first-order valence-corrected chi connectivity index (χ1v) is 13.3. The van der Waals surface area contributed by atoms with E-state index in [0.717, 1.165) is 25.0 Å². The van der Waals surface area contributed by atoms with E-state index in [2.05, 4.69) is 9.97 Å². The maximum absolute atomic E-state index is 14.2. The molecule has 1 aromatic heterocycles. The third kappa shape index (κ3) is 6.01. The molecule has 1 unspecified atom stereocenters.